The fourth-order valence-electron chi connectivity index (χ4n) is 3.07. The number of nitrogens with one attached hydrogen (secondary N) is 3. The lowest BCUT2D eigenvalue weighted by Gasteiger charge is -2.21. The molecule has 0 fully saturated rings. The number of phenolic OH excluding ortho intramolecular Hbond substituents is 1. The van der Waals surface area contributed by atoms with Gasteiger partial charge in [0.25, 0.3) is 0 Å². The number of H-pyrrole nitrogens is 1. The molecule has 33 heavy (non-hydrogen) atoms. The minimum Gasteiger partial charge on any atom is -0.508 e. The molecular weight excluding hydrogens is 428 g/mol. The average Bonchev–Trinajstić information content (AvgIpc) is 3.32. The molecule has 5 N–H and O–H groups in total. The van der Waals surface area contributed by atoms with E-state index in [0.717, 1.165) is 5.56 Å². The van der Waals surface area contributed by atoms with Gasteiger partial charge in [-0.05, 0) is 23.3 Å². The average molecular weight is 452 g/mol. The predicted octanol–water partition coefficient (Wildman–Crippen LogP) is 1.76. The number of carboxylic acids is 1. The molecule has 1 heterocycles. The van der Waals surface area contributed by atoms with Crippen LogP contribution in [0, 0.1) is 0 Å². The number of aromatic nitrogens is 2. The van der Waals surface area contributed by atoms with E-state index in [-0.39, 0.29) is 25.2 Å². The maximum absolute atomic E-state index is 12.9. The van der Waals surface area contributed by atoms with E-state index in [1.807, 2.05) is 18.2 Å². The van der Waals surface area contributed by atoms with E-state index < -0.39 is 30.1 Å². The summed E-state index contributed by atoms with van der Waals surface area (Å²) in [6, 6.07) is 12.8. The van der Waals surface area contributed by atoms with E-state index in [9.17, 15) is 24.6 Å². The summed E-state index contributed by atoms with van der Waals surface area (Å²) in [5, 5.41) is 24.0. The molecular formula is C23H24N4O6. The molecule has 0 aliphatic rings. The van der Waals surface area contributed by atoms with Crippen molar-refractivity contribution in [3.63, 3.8) is 0 Å². The number of nitrogens with zero attached hydrogens (tertiary/aromatic N) is 1. The van der Waals surface area contributed by atoms with Gasteiger partial charge in [0.2, 0.25) is 5.91 Å². The second-order valence-corrected chi connectivity index (χ2v) is 7.31. The minimum absolute atomic E-state index is 0.00848. The van der Waals surface area contributed by atoms with Gasteiger partial charge in [-0.2, -0.15) is 0 Å². The Morgan fingerprint density at radius 1 is 0.939 bits per heavy atom. The Labute approximate surface area is 189 Å². The van der Waals surface area contributed by atoms with Crippen molar-refractivity contribution < 1.29 is 29.3 Å². The van der Waals surface area contributed by atoms with Crippen molar-refractivity contribution in [3.8, 4) is 5.75 Å². The third kappa shape index (κ3) is 7.39. The second kappa shape index (κ2) is 11.3. The Bertz CT molecular complexity index is 1050. The normalized spacial score (nSPS) is 12.4. The van der Waals surface area contributed by atoms with E-state index in [4.69, 9.17) is 4.74 Å². The molecule has 2 atom stereocenters. The van der Waals surface area contributed by atoms with Crippen molar-refractivity contribution in [3.05, 3.63) is 83.9 Å². The molecule has 2 aromatic carbocycles. The standard InChI is InChI=1S/C23H24N4O6/c28-18-8-6-15(7-9-18)10-19(27-23(32)33-13-16-4-2-1-3-5-16)21(29)26-20(22(30)31)11-17-12-24-14-25-17/h1-9,12,14,19-20,28H,10-11,13H2,(H,24,25)(H,26,29)(H,27,32)(H,30,31)/t19-,20-/m0/s1. The first kappa shape index (κ1) is 23.3. The maximum Gasteiger partial charge on any atom is 0.408 e. The summed E-state index contributed by atoms with van der Waals surface area (Å²) in [5.41, 5.74) is 1.96. The molecule has 0 saturated heterocycles. The van der Waals surface area contributed by atoms with Crippen LogP contribution in [0.4, 0.5) is 4.79 Å². The molecule has 0 unspecified atom stereocenters. The van der Waals surface area contributed by atoms with Crippen molar-refractivity contribution in [2.24, 2.45) is 0 Å². The number of hydrogen-bond acceptors (Lipinski definition) is 6. The highest BCUT2D eigenvalue weighted by atomic mass is 16.5. The molecule has 2 amide bonds. The smallest absolute Gasteiger partial charge is 0.408 e. The van der Waals surface area contributed by atoms with Crippen LogP contribution >= 0.6 is 0 Å². The molecule has 0 aliphatic carbocycles. The van der Waals surface area contributed by atoms with Gasteiger partial charge in [-0.3, -0.25) is 4.79 Å². The first-order valence-corrected chi connectivity index (χ1v) is 10.2. The Morgan fingerprint density at radius 2 is 1.67 bits per heavy atom. The lowest BCUT2D eigenvalue weighted by atomic mass is 10.0. The molecule has 0 spiro atoms. The quantitative estimate of drug-likeness (QED) is 0.314. The number of carbonyl (C=O) groups is 3. The number of aromatic hydroxyl groups is 1. The van der Waals surface area contributed by atoms with Crippen LogP contribution in [-0.4, -0.2) is 50.2 Å². The fraction of sp³-hybridized carbons (Fsp3) is 0.217. The van der Waals surface area contributed by atoms with Gasteiger partial charge in [0.15, 0.2) is 0 Å². The number of benzene rings is 2. The number of ether oxygens (including phenoxy) is 1. The largest absolute Gasteiger partial charge is 0.508 e. The molecule has 0 radical (unpaired) electrons. The van der Waals surface area contributed by atoms with Crippen LogP contribution in [0.1, 0.15) is 16.8 Å². The zero-order valence-electron chi connectivity index (χ0n) is 17.6. The Hall–Kier alpha value is -4.34. The Balaban J connectivity index is 1.68. The molecule has 10 heteroatoms. The van der Waals surface area contributed by atoms with Crippen LogP contribution in [0.3, 0.4) is 0 Å². The van der Waals surface area contributed by atoms with Crippen molar-refractivity contribution in [1.82, 2.24) is 20.6 Å². The lowest BCUT2D eigenvalue weighted by Crippen LogP contribution is -2.53. The molecule has 10 nitrogen and oxygen atoms in total. The van der Waals surface area contributed by atoms with Gasteiger partial charge in [-0.25, -0.2) is 14.6 Å². The van der Waals surface area contributed by atoms with Gasteiger partial charge >= 0.3 is 12.1 Å². The number of rotatable bonds is 10. The summed E-state index contributed by atoms with van der Waals surface area (Å²) in [6.07, 6.45) is 2.11. The summed E-state index contributed by atoms with van der Waals surface area (Å²) in [7, 11) is 0. The highest BCUT2D eigenvalue weighted by molar-refractivity contribution is 5.89. The summed E-state index contributed by atoms with van der Waals surface area (Å²) >= 11 is 0. The number of amides is 2. The molecule has 172 valence electrons. The van der Waals surface area contributed by atoms with Crippen LogP contribution in [-0.2, 0) is 33.8 Å². The van der Waals surface area contributed by atoms with E-state index in [1.165, 1.54) is 24.7 Å². The van der Waals surface area contributed by atoms with Gasteiger partial charge in [0.05, 0.1) is 6.33 Å². The van der Waals surface area contributed by atoms with Crippen LogP contribution in [0.5, 0.6) is 5.75 Å². The van der Waals surface area contributed by atoms with Gasteiger partial charge in [0.1, 0.15) is 24.4 Å². The van der Waals surface area contributed by atoms with Crippen molar-refractivity contribution in [2.45, 2.75) is 31.5 Å². The molecule has 0 saturated carbocycles. The second-order valence-electron chi connectivity index (χ2n) is 7.31. The molecule has 3 rings (SSSR count). The zero-order chi connectivity index (χ0) is 23.6. The van der Waals surface area contributed by atoms with Crippen LogP contribution in [0.15, 0.2) is 67.1 Å². The zero-order valence-corrected chi connectivity index (χ0v) is 17.6. The number of aromatic amines is 1. The van der Waals surface area contributed by atoms with Gasteiger partial charge in [-0.1, -0.05) is 42.5 Å². The third-order valence-corrected chi connectivity index (χ3v) is 4.79. The Kier molecular flexibility index (Phi) is 8.01. The molecule has 0 bridgehead atoms. The molecule has 0 aliphatic heterocycles. The summed E-state index contributed by atoms with van der Waals surface area (Å²) < 4.78 is 5.20. The number of carboxylic acid groups (broad SMARTS) is 1. The highest BCUT2D eigenvalue weighted by Crippen LogP contribution is 2.12. The molecule has 1 aromatic heterocycles. The van der Waals surface area contributed by atoms with Crippen molar-refractivity contribution in [1.29, 1.82) is 0 Å². The fourth-order valence-corrected chi connectivity index (χ4v) is 3.07. The van der Waals surface area contributed by atoms with E-state index in [1.54, 1.807) is 24.3 Å². The monoisotopic (exact) mass is 452 g/mol. The lowest BCUT2D eigenvalue weighted by molar-refractivity contribution is -0.142. The number of carbonyl (C=O) groups excluding carboxylic acids is 2. The van der Waals surface area contributed by atoms with E-state index in [0.29, 0.717) is 11.3 Å². The Morgan fingerprint density at radius 3 is 2.30 bits per heavy atom. The molecule has 3 aromatic rings. The van der Waals surface area contributed by atoms with Crippen molar-refractivity contribution in [2.75, 3.05) is 0 Å². The number of imidazole rings is 1. The SMILES string of the molecule is O=C(N[C@@H](Cc1ccc(O)cc1)C(=O)N[C@@H](Cc1cnc[nH]1)C(=O)O)OCc1ccccc1. The number of alkyl carbamates (subject to hydrolysis) is 1. The van der Waals surface area contributed by atoms with Gasteiger partial charge in [0, 0.05) is 24.7 Å². The van der Waals surface area contributed by atoms with Crippen LogP contribution < -0.4 is 10.6 Å². The number of aliphatic carboxylic acids is 1. The first-order chi connectivity index (χ1) is 15.9. The van der Waals surface area contributed by atoms with E-state index >= 15 is 0 Å². The van der Waals surface area contributed by atoms with Crippen molar-refractivity contribution >= 4 is 18.0 Å². The number of phenols is 1. The van der Waals surface area contributed by atoms with Crippen LogP contribution in [0.25, 0.3) is 0 Å². The summed E-state index contributed by atoms with van der Waals surface area (Å²) in [5.74, 6) is -1.86. The summed E-state index contributed by atoms with van der Waals surface area (Å²) in [6.45, 7) is 0.0117. The number of hydrogen-bond donors (Lipinski definition) is 5. The van der Waals surface area contributed by atoms with E-state index in [2.05, 4.69) is 20.6 Å². The van der Waals surface area contributed by atoms with Crippen LogP contribution in [0.2, 0.25) is 0 Å². The van der Waals surface area contributed by atoms with Gasteiger partial charge in [-0.15, -0.1) is 0 Å². The maximum atomic E-state index is 12.9. The predicted molar refractivity (Wildman–Crippen MR) is 117 cm³/mol. The topological polar surface area (TPSA) is 154 Å². The highest BCUT2D eigenvalue weighted by Gasteiger charge is 2.28. The first-order valence-electron chi connectivity index (χ1n) is 10.2. The summed E-state index contributed by atoms with van der Waals surface area (Å²) in [4.78, 5) is 43.6. The van der Waals surface area contributed by atoms with Gasteiger partial charge < -0.3 is 30.6 Å². The minimum atomic E-state index is -1.23. The third-order valence-electron chi connectivity index (χ3n) is 4.79.